The van der Waals surface area contributed by atoms with E-state index in [1.54, 1.807) is 13.8 Å². The second-order valence-corrected chi connectivity index (χ2v) is 4.41. The zero-order valence-electron chi connectivity index (χ0n) is 10.2. The van der Waals surface area contributed by atoms with E-state index in [-0.39, 0.29) is 18.2 Å². The number of esters is 1. The number of amides is 1. The Labute approximate surface area is 99.5 Å². The zero-order chi connectivity index (χ0) is 13.2. The molecule has 1 rings (SSSR count). The fourth-order valence-electron chi connectivity index (χ4n) is 2.14. The lowest BCUT2D eigenvalue weighted by Crippen LogP contribution is -2.52. The van der Waals surface area contributed by atoms with Crippen molar-refractivity contribution >= 4 is 17.8 Å². The van der Waals surface area contributed by atoms with Gasteiger partial charge in [0.15, 0.2) is 0 Å². The Morgan fingerprint density at radius 1 is 1.47 bits per heavy atom. The van der Waals surface area contributed by atoms with Crippen molar-refractivity contribution in [1.29, 1.82) is 0 Å². The molecule has 0 aromatic rings. The second kappa shape index (κ2) is 5.16. The largest absolute Gasteiger partial charge is 0.480 e. The Hall–Kier alpha value is -1.59. The molecule has 0 bridgehead atoms. The van der Waals surface area contributed by atoms with Gasteiger partial charge in [0, 0.05) is 6.42 Å². The van der Waals surface area contributed by atoms with E-state index < -0.39 is 24.0 Å². The number of carboxylic acids is 1. The van der Waals surface area contributed by atoms with Crippen LogP contribution < -0.4 is 0 Å². The number of methoxy groups -OCH3 is 1. The number of rotatable bonds is 4. The van der Waals surface area contributed by atoms with Crippen molar-refractivity contribution in [2.45, 2.75) is 38.8 Å². The zero-order valence-corrected chi connectivity index (χ0v) is 10.2. The van der Waals surface area contributed by atoms with Crippen molar-refractivity contribution in [2.75, 3.05) is 7.11 Å². The summed E-state index contributed by atoms with van der Waals surface area (Å²) < 4.78 is 4.60. The maximum atomic E-state index is 11.7. The Morgan fingerprint density at radius 2 is 2.06 bits per heavy atom. The number of ether oxygens (including phenoxy) is 1. The van der Waals surface area contributed by atoms with Crippen LogP contribution in [0.2, 0.25) is 0 Å². The molecule has 2 unspecified atom stereocenters. The van der Waals surface area contributed by atoms with E-state index in [1.165, 1.54) is 7.11 Å². The molecule has 6 nitrogen and oxygen atoms in total. The lowest BCUT2D eigenvalue weighted by Gasteiger charge is -2.31. The Balaban J connectivity index is 3.01. The van der Waals surface area contributed by atoms with Crippen molar-refractivity contribution in [3.8, 4) is 0 Å². The third kappa shape index (κ3) is 2.57. The third-order valence-electron chi connectivity index (χ3n) is 2.91. The smallest absolute Gasteiger partial charge is 0.328 e. The minimum absolute atomic E-state index is 0.191. The first-order chi connectivity index (χ1) is 7.90. The molecule has 1 saturated heterocycles. The molecule has 96 valence electrons. The Bertz CT molecular complexity index is 339. The number of hydrogen-bond donors (Lipinski definition) is 1. The minimum Gasteiger partial charge on any atom is -0.480 e. The number of carbonyl (C=O) groups excluding carboxylic acids is 2. The van der Waals surface area contributed by atoms with Crippen LogP contribution in [-0.2, 0) is 19.1 Å². The Kier molecular flexibility index (Phi) is 4.09. The molecular weight excluding hydrogens is 226 g/mol. The van der Waals surface area contributed by atoms with E-state index in [2.05, 4.69) is 4.74 Å². The molecule has 0 aromatic heterocycles. The molecule has 2 atom stereocenters. The van der Waals surface area contributed by atoms with Crippen LogP contribution in [0.4, 0.5) is 0 Å². The predicted octanol–water partition coefficient (Wildman–Crippen LogP) is 0.260. The molecule has 0 spiro atoms. The fraction of sp³-hybridized carbons (Fsp3) is 0.727. The van der Waals surface area contributed by atoms with Gasteiger partial charge in [-0.15, -0.1) is 0 Å². The SMILES string of the molecule is COC(=O)C1CCC(=O)N1C(C(=O)O)C(C)C. The van der Waals surface area contributed by atoms with Gasteiger partial charge in [-0.1, -0.05) is 13.8 Å². The van der Waals surface area contributed by atoms with Crippen molar-refractivity contribution in [2.24, 2.45) is 5.92 Å². The maximum absolute atomic E-state index is 11.7. The number of aliphatic carboxylic acids is 1. The molecule has 17 heavy (non-hydrogen) atoms. The van der Waals surface area contributed by atoms with E-state index in [1.807, 2.05) is 0 Å². The third-order valence-corrected chi connectivity index (χ3v) is 2.91. The highest BCUT2D eigenvalue weighted by molar-refractivity contribution is 5.91. The first-order valence-corrected chi connectivity index (χ1v) is 5.52. The molecule has 1 heterocycles. The van der Waals surface area contributed by atoms with Crippen LogP contribution in [0.5, 0.6) is 0 Å². The summed E-state index contributed by atoms with van der Waals surface area (Å²) in [5.41, 5.74) is 0. The summed E-state index contributed by atoms with van der Waals surface area (Å²) in [4.78, 5) is 35.6. The van der Waals surface area contributed by atoms with Crippen LogP contribution in [0, 0.1) is 5.92 Å². The lowest BCUT2D eigenvalue weighted by molar-refractivity contribution is -0.158. The van der Waals surface area contributed by atoms with E-state index in [4.69, 9.17) is 5.11 Å². The molecule has 0 saturated carbocycles. The first-order valence-electron chi connectivity index (χ1n) is 5.52. The second-order valence-electron chi connectivity index (χ2n) is 4.41. The summed E-state index contributed by atoms with van der Waals surface area (Å²) in [6.45, 7) is 3.41. The van der Waals surface area contributed by atoms with Gasteiger partial charge in [-0.3, -0.25) is 4.79 Å². The number of carbonyl (C=O) groups is 3. The average molecular weight is 243 g/mol. The summed E-state index contributed by atoms with van der Waals surface area (Å²) >= 11 is 0. The van der Waals surface area contributed by atoms with Crippen molar-refractivity contribution < 1.29 is 24.2 Å². The molecule has 1 amide bonds. The number of hydrogen-bond acceptors (Lipinski definition) is 4. The highest BCUT2D eigenvalue weighted by atomic mass is 16.5. The van der Waals surface area contributed by atoms with Crippen LogP contribution in [0.25, 0.3) is 0 Å². The van der Waals surface area contributed by atoms with Gasteiger partial charge in [0.05, 0.1) is 7.11 Å². The summed E-state index contributed by atoms with van der Waals surface area (Å²) in [6, 6.07) is -1.75. The van der Waals surface area contributed by atoms with Gasteiger partial charge >= 0.3 is 11.9 Å². The highest BCUT2D eigenvalue weighted by Gasteiger charge is 2.44. The van der Waals surface area contributed by atoms with Crippen molar-refractivity contribution in [3.63, 3.8) is 0 Å². The van der Waals surface area contributed by atoms with Crippen LogP contribution in [0.1, 0.15) is 26.7 Å². The molecule has 6 heteroatoms. The lowest BCUT2D eigenvalue weighted by atomic mass is 10.0. The standard InChI is InChI=1S/C11H17NO5/c1-6(2)9(10(14)15)12-7(11(16)17-3)4-5-8(12)13/h6-7,9H,4-5H2,1-3H3,(H,14,15). The summed E-state index contributed by atoms with van der Waals surface area (Å²) in [7, 11) is 1.23. The van der Waals surface area contributed by atoms with E-state index in [0.717, 1.165) is 4.90 Å². The van der Waals surface area contributed by atoms with Crippen molar-refractivity contribution in [1.82, 2.24) is 4.90 Å². The van der Waals surface area contributed by atoms with Gasteiger partial charge < -0.3 is 14.7 Å². The van der Waals surface area contributed by atoms with Gasteiger partial charge in [-0.2, -0.15) is 0 Å². The molecule has 0 aromatic carbocycles. The molecule has 1 aliphatic rings. The van der Waals surface area contributed by atoms with E-state index in [0.29, 0.717) is 6.42 Å². The number of nitrogens with zero attached hydrogens (tertiary/aromatic N) is 1. The quantitative estimate of drug-likeness (QED) is 0.716. The predicted molar refractivity (Wildman–Crippen MR) is 58.1 cm³/mol. The molecule has 0 aliphatic carbocycles. The monoisotopic (exact) mass is 243 g/mol. The van der Waals surface area contributed by atoms with E-state index in [9.17, 15) is 14.4 Å². The Morgan fingerprint density at radius 3 is 2.47 bits per heavy atom. The number of carboxylic acid groups (broad SMARTS) is 1. The van der Waals surface area contributed by atoms with Crippen LogP contribution in [-0.4, -0.2) is 47.0 Å². The van der Waals surface area contributed by atoms with Gasteiger partial charge in [-0.25, -0.2) is 9.59 Å². The van der Waals surface area contributed by atoms with Crippen LogP contribution in [0.15, 0.2) is 0 Å². The summed E-state index contributed by atoms with van der Waals surface area (Å²) in [5, 5.41) is 9.15. The van der Waals surface area contributed by atoms with Crippen LogP contribution in [0.3, 0.4) is 0 Å². The molecule has 0 radical (unpaired) electrons. The highest BCUT2D eigenvalue weighted by Crippen LogP contribution is 2.26. The minimum atomic E-state index is -1.09. The average Bonchev–Trinajstić information content (AvgIpc) is 2.59. The summed E-state index contributed by atoms with van der Waals surface area (Å²) in [5.74, 6) is -2.21. The molecule has 1 N–H and O–H groups in total. The van der Waals surface area contributed by atoms with Gasteiger partial charge in [0.1, 0.15) is 12.1 Å². The molecular formula is C11H17NO5. The van der Waals surface area contributed by atoms with E-state index >= 15 is 0 Å². The molecule has 1 fully saturated rings. The van der Waals surface area contributed by atoms with Crippen LogP contribution >= 0.6 is 0 Å². The first kappa shape index (κ1) is 13.5. The summed E-state index contributed by atoms with van der Waals surface area (Å²) in [6.07, 6.45) is 0.512. The topological polar surface area (TPSA) is 83.9 Å². The number of likely N-dealkylation sites (tertiary alicyclic amines) is 1. The molecule has 1 aliphatic heterocycles. The normalized spacial score (nSPS) is 21.8. The van der Waals surface area contributed by atoms with Gasteiger partial charge in [-0.05, 0) is 12.3 Å². The fourth-order valence-corrected chi connectivity index (χ4v) is 2.14. The van der Waals surface area contributed by atoms with Gasteiger partial charge in [0.2, 0.25) is 5.91 Å². The maximum Gasteiger partial charge on any atom is 0.328 e. The van der Waals surface area contributed by atoms with Gasteiger partial charge in [0.25, 0.3) is 0 Å². The van der Waals surface area contributed by atoms with Crippen molar-refractivity contribution in [3.05, 3.63) is 0 Å².